The summed E-state index contributed by atoms with van der Waals surface area (Å²) in [5.74, 6) is 1.24. The summed E-state index contributed by atoms with van der Waals surface area (Å²) in [6.07, 6.45) is 3.46. The molecule has 34 heavy (non-hydrogen) atoms. The molecule has 3 heterocycles. The van der Waals surface area contributed by atoms with E-state index < -0.39 is 0 Å². The number of anilines is 2. The Morgan fingerprint density at radius 3 is 2.76 bits per heavy atom. The van der Waals surface area contributed by atoms with Crippen molar-refractivity contribution in [3.8, 4) is 0 Å². The van der Waals surface area contributed by atoms with Crippen LogP contribution in [0.1, 0.15) is 22.2 Å². The molecule has 3 N–H and O–H groups in total. The third-order valence-electron chi connectivity index (χ3n) is 5.59. The molecule has 1 amide bonds. The molecule has 0 radical (unpaired) electrons. The van der Waals surface area contributed by atoms with Gasteiger partial charge in [0.1, 0.15) is 16.5 Å². The molecule has 0 bridgehead atoms. The normalized spacial score (nSPS) is 16.9. The zero-order chi connectivity index (χ0) is 24.1. The molecule has 11 heteroatoms. The Balaban J connectivity index is 1.43. The zero-order valence-electron chi connectivity index (χ0n) is 19.2. The van der Waals surface area contributed by atoms with Crippen LogP contribution in [0.4, 0.5) is 10.8 Å². The fraction of sp³-hybridized carbons (Fsp3) is 0.391. The summed E-state index contributed by atoms with van der Waals surface area (Å²) in [5.41, 5.74) is 2.42. The summed E-state index contributed by atoms with van der Waals surface area (Å²) < 4.78 is 0. The number of β-amino-alcohol motifs (C(OH)–C–C–N with tert-alkyl or cyclic N) is 1. The number of carbonyl (C=O) groups is 1. The number of hydrogen-bond donors (Lipinski definition) is 3. The number of hydrogen-bond acceptors (Lipinski definition) is 9. The van der Waals surface area contributed by atoms with Crippen molar-refractivity contribution in [1.82, 2.24) is 14.8 Å². The second kappa shape index (κ2) is 11.1. The van der Waals surface area contributed by atoms with Crippen LogP contribution in [0.5, 0.6) is 0 Å². The smallest absolute Gasteiger partial charge is 0.267 e. The minimum Gasteiger partial charge on any atom is -0.395 e. The first-order chi connectivity index (χ1) is 16.4. The molecule has 2 aliphatic heterocycles. The van der Waals surface area contributed by atoms with Gasteiger partial charge in [-0.05, 0) is 25.5 Å². The van der Waals surface area contributed by atoms with Gasteiger partial charge in [-0.3, -0.25) is 14.7 Å². The molecule has 2 aromatic rings. The Hall–Kier alpha value is -2.79. The number of halogens is 1. The maximum atomic E-state index is 12.7. The lowest BCUT2D eigenvalue weighted by Gasteiger charge is -2.35. The van der Waals surface area contributed by atoms with Crippen LogP contribution >= 0.6 is 22.9 Å². The van der Waals surface area contributed by atoms with Crippen molar-refractivity contribution in [2.45, 2.75) is 13.8 Å². The number of aliphatic hydroxyl groups is 1. The lowest BCUT2D eigenvalue weighted by molar-refractivity contribution is 0.103. The maximum absolute atomic E-state index is 12.7. The van der Waals surface area contributed by atoms with Gasteiger partial charge < -0.3 is 20.6 Å². The Kier molecular flexibility index (Phi) is 7.94. The van der Waals surface area contributed by atoms with Crippen molar-refractivity contribution in [3.05, 3.63) is 51.8 Å². The fourth-order valence-electron chi connectivity index (χ4n) is 3.72. The summed E-state index contributed by atoms with van der Waals surface area (Å²) in [4.78, 5) is 31.4. The van der Waals surface area contributed by atoms with Gasteiger partial charge in [-0.25, -0.2) is 9.98 Å². The van der Waals surface area contributed by atoms with Crippen LogP contribution in [0.3, 0.4) is 0 Å². The molecule has 0 unspecified atom stereocenters. The average Bonchev–Trinajstić information content (AvgIpc) is 3.20. The average molecular weight is 502 g/mol. The van der Waals surface area contributed by atoms with E-state index in [9.17, 15) is 4.79 Å². The molecule has 1 aromatic heterocycles. The van der Waals surface area contributed by atoms with Crippen molar-refractivity contribution in [2.75, 3.05) is 56.5 Å². The molecule has 1 saturated heterocycles. The van der Waals surface area contributed by atoms with Crippen LogP contribution in [0.15, 0.2) is 46.3 Å². The molecule has 180 valence electrons. The first-order valence-electron chi connectivity index (χ1n) is 11.1. The Morgan fingerprint density at radius 2 is 2.03 bits per heavy atom. The second-order valence-corrected chi connectivity index (χ2v) is 9.58. The predicted molar refractivity (Wildman–Crippen MR) is 138 cm³/mol. The van der Waals surface area contributed by atoms with Crippen LogP contribution in [-0.4, -0.2) is 83.2 Å². The number of nitrogens with zero attached hydrogens (tertiary/aromatic N) is 5. The van der Waals surface area contributed by atoms with Gasteiger partial charge in [0.15, 0.2) is 5.13 Å². The van der Waals surface area contributed by atoms with E-state index in [2.05, 4.69) is 30.4 Å². The number of aromatic nitrogens is 1. The van der Waals surface area contributed by atoms with E-state index in [1.165, 1.54) is 11.3 Å². The maximum Gasteiger partial charge on any atom is 0.267 e. The van der Waals surface area contributed by atoms with Crippen molar-refractivity contribution < 1.29 is 9.90 Å². The van der Waals surface area contributed by atoms with Crippen LogP contribution in [0.25, 0.3) is 0 Å². The van der Waals surface area contributed by atoms with E-state index >= 15 is 0 Å². The Labute approximate surface area is 207 Å². The minimum absolute atomic E-state index is 0.173. The highest BCUT2D eigenvalue weighted by Gasteiger charge is 2.20. The number of para-hydroxylation sites is 1. The highest BCUT2D eigenvalue weighted by atomic mass is 35.5. The highest BCUT2D eigenvalue weighted by molar-refractivity contribution is 7.17. The Morgan fingerprint density at radius 1 is 1.24 bits per heavy atom. The number of nitrogens with one attached hydrogen (secondary N) is 2. The molecule has 1 aromatic carbocycles. The van der Waals surface area contributed by atoms with Gasteiger partial charge >= 0.3 is 0 Å². The number of piperazine rings is 1. The monoisotopic (exact) mass is 501 g/mol. The molecular formula is C23H28ClN7O2S. The zero-order valence-corrected chi connectivity index (χ0v) is 20.8. The molecule has 9 nitrogen and oxygen atoms in total. The van der Waals surface area contributed by atoms with Crippen LogP contribution in [0.2, 0.25) is 5.02 Å². The standard InChI is InChI=1S/C23H28ClN7O2S/c1-15-4-3-5-17(24)21(15)29-22(33)18-14-26-23(34-18)28-19-12-20(27-16(2)13-25-19)31-8-6-30(7-9-31)10-11-32/h3-5,12,14,32H,6-11,13H2,1-2H3,(H,29,33)(H,25,26,28). The van der Waals surface area contributed by atoms with Crippen LogP contribution < -0.4 is 10.6 Å². The summed E-state index contributed by atoms with van der Waals surface area (Å²) in [6.45, 7) is 8.63. The number of aliphatic hydroxyl groups excluding tert-OH is 1. The van der Waals surface area contributed by atoms with Gasteiger partial charge in [-0.2, -0.15) is 0 Å². The first kappa shape index (κ1) is 24.3. The number of amides is 1. The third kappa shape index (κ3) is 6.01. The van der Waals surface area contributed by atoms with Crippen LogP contribution in [0, 0.1) is 6.92 Å². The number of carbonyl (C=O) groups excluding carboxylic acids is 1. The van der Waals surface area contributed by atoms with Gasteiger partial charge in [-0.1, -0.05) is 35.1 Å². The van der Waals surface area contributed by atoms with E-state index in [1.54, 1.807) is 12.3 Å². The van der Waals surface area contributed by atoms with Crippen molar-refractivity contribution in [3.63, 3.8) is 0 Å². The van der Waals surface area contributed by atoms with Gasteiger partial charge in [0.2, 0.25) is 0 Å². The van der Waals surface area contributed by atoms with Gasteiger partial charge in [0.05, 0.1) is 30.1 Å². The van der Waals surface area contributed by atoms with Crippen molar-refractivity contribution in [2.24, 2.45) is 9.98 Å². The number of thiazole rings is 1. The molecular weight excluding hydrogens is 474 g/mol. The highest BCUT2D eigenvalue weighted by Crippen LogP contribution is 2.27. The number of amidine groups is 1. The predicted octanol–water partition coefficient (Wildman–Crippen LogP) is 3.09. The third-order valence-corrected chi connectivity index (χ3v) is 6.81. The van der Waals surface area contributed by atoms with Gasteiger partial charge in [0.25, 0.3) is 5.91 Å². The largest absolute Gasteiger partial charge is 0.395 e. The fourth-order valence-corrected chi connectivity index (χ4v) is 4.71. The molecule has 0 aliphatic carbocycles. The summed E-state index contributed by atoms with van der Waals surface area (Å²) in [6, 6.07) is 5.48. The molecule has 2 aliphatic rings. The quantitative estimate of drug-likeness (QED) is 0.561. The lowest BCUT2D eigenvalue weighted by atomic mass is 10.2. The minimum atomic E-state index is -0.263. The van der Waals surface area contributed by atoms with Crippen molar-refractivity contribution in [1.29, 1.82) is 0 Å². The second-order valence-electron chi connectivity index (χ2n) is 8.14. The van der Waals surface area contributed by atoms with E-state index in [0.717, 1.165) is 43.3 Å². The van der Waals surface area contributed by atoms with E-state index in [1.807, 2.05) is 32.1 Å². The molecule has 0 spiro atoms. The van der Waals surface area contributed by atoms with Crippen LogP contribution in [-0.2, 0) is 0 Å². The lowest BCUT2D eigenvalue weighted by Crippen LogP contribution is -2.46. The molecule has 0 saturated carbocycles. The number of aryl methyl sites for hydroxylation is 1. The number of aliphatic imine (C=N–C) groups is 2. The SMILES string of the molecule is CC1=NC(N2CCN(CCO)CC2)=CC(Nc2ncc(C(=O)Nc3c(C)cccc3Cl)s2)=NC1. The summed E-state index contributed by atoms with van der Waals surface area (Å²) in [5, 5.41) is 16.3. The van der Waals surface area contributed by atoms with Gasteiger partial charge in [-0.15, -0.1) is 0 Å². The van der Waals surface area contributed by atoms with E-state index in [4.69, 9.17) is 21.7 Å². The Bertz CT molecular complexity index is 1120. The topological polar surface area (TPSA) is 105 Å². The summed E-state index contributed by atoms with van der Waals surface area (Å²) >= 11 is 7.48. The molecule has 4 rings (SSSR count). The number of benzene rings is 1. The summed E-state index contributed by atoms with van der Waals surface area (Å²) in [7, 11) is 0. The van der Waals surface area contributed by atoms with Gasteiger partial charge in [0, 0.05) is 44.5 Å². The van der Waals surface area contributed by atoms with E-state index in [0.29, 0.717) is 39.6 Å². The molecule has 1 fully saturated rings. The van der Waals surface area contributed by atoms with Crippen molar-refractivity contribution >= 4 is 51.2 Å². The molecule has 0 atom stereocenters. The van der Waals surface area contributed by atoms with E-state index in [-0.39, 0.29) is 12.5 Å². The number of rotatable bonds is 6. The first-order valence-corrected chi connectivity index (χ1v) is 12.3.